The lowest BCUT2D eigenvalue weighted by atomic mass is 10.1. The molecule has 1 aliphatic heterocycles. The number of hydrogen-bond acceptors (Lipinski definition) is 7. The van der Waals surface area contributed by atoms with E-state index >= 15 is 0 Å². The van der Waals surface area contributed by atoms with Crippen LogP contribution in [0.25, 0.3) is 11.0 Å². The van der Waals surface area contributed by atoms with Crippen LogP contribution in [0.2, 0.25) is 0 Å². The number of anilines is 2. The van der Waals surface area contributed by atoms with E-state index in [0.29, 0.717) is 6.61 Å². The zero-order valence-corrected chi connectivity index (χ0v) is 19.8. The van der Waals surface area contributed by atoms with E-state index in [1.807, 2.05) is 0 Å². The number of fused-ring (bicyclic) bond motifs is 1. The average Bonchev–Trinajstić information content (AvgIpc) is 3.26. The molecule has 172 valence electrons. The fraction of sp³-hybridized carbons (Fsp3) is 0.542. The van der Waals surface area contributed by atoms with Crippen LogP contribution in [-0.4, -0.2) is 77.5 Å². The molecule has 32 heavy (non-hydrogen) atoms. The molecule has 0 saturated carbocycles. The average molecular weight is 438 g/mol. The van der Waals surface area contributed by atoms with Gasteiger partial charge in [-0.3, -0.25) is 5.10 Å². The van der Waals surface area contributed by atoms with Gasteiger partial charge in [0.1, 0.15) is 24.5 Å². The second-order valence-electron chi connectivity index (χ2n) is 8.19. The summed E-state index contributed by atoms with van der Waals surface area (Å²) < 4.78 is 6.15. The molecule has 0 bridgehead atoms. The number of ether oxygens (including phenoxy) is 1. The molecule has 0 unspecified atom stereocenters. The molecular weight excluding hydrogens is 402 g/mol. The Labute approximate surface area is 190 Å². The number of nitrogens with one attached hydrogen (secondary N) is 1. The Kier molecular flexibility index (Phi) is 7.09. The SMILES string of the molecule is CCc1n[nH]c2ncnc(N3CCN(c4cccc(OCCN(CC)CC)c4C)CC3)c12. The first kappa shape index (κ1) is 22.3. The van der Waals surface area contributed by atoms with Crippen molar-refractivity contribution in [2.75, 3.05) is 62.2 Å². The number of aryl methyl sites for hydroxylation is 1. The van der Waals surface area contributed by atoms with Gasteiger partial charge in [-0.1, -0.05) is 26.8 Å². The zero-order valence-electron chi connectivity index (χ0n) is 19.8. The van der Waals surface area contributed by atoms with Gasteiger partial charge in [-0.25, -0.2) is 9.97 Å². The van der Waals surface area contributed by atoms with E-state index in [1.54, 1.807) is 6.33 Å². The fourth-order valence-corrected chi connectivity index (χ4v) is 4.48. The van der Waals surface area contributed by atoms with Crippen LogP contribution < -0.4 is 14.5 Å². The Bertz CT molecular complexity index is 1020. The van der Waals surface area contributed by atoms with E-state index in [1.165, 1.54) is 11.3 Å². The number of rotatable bonds is 9. The van der Waals surface area contributed by atoms with Crippen LogP contribution in [0.15, 0.2) is 24.5 Å². The van der Waals surface area contributed by atoms with Crippen LogP contribution in [0.5, 0.6) is 5.75 Å². The number of piperazine rings is 1. The van der Waals surface area contributed by atoms with Crippen molar-refractivity contribution in [2.45, 2.75) is 34.1 Å². The highest BCUT2D eigenvalue weighted by molar-refractivity contribution is 5.89. The molecule has 4 rings (SSSR count). The molecule has 8 nitrogen and oxygen atoms in total. The molecule has 2 aromatic heterocycles. The molecule has 0 aliphatic carbocycles. The monoisotopic (exact) mass is 437 g/mol. The number of H-pyrrole nitrogens is 1. The van der Waals surface area contributed by atoms with Gasteiger partial charge in [-0.05, 0) is 38.6 Å². The maximum absolute atomic E-state index is 6.15. The molecule has 1 aromatic carbocycles. The third kappa shape index (κ3) is 4.50. The molecule has 3 aromatic rings. The van der Waals surface area contributed by atoms with E-state index in [2.05, 4.69) is 80.8 Å². The van der Waals surface area contributed by atoms with Gasteiger partial charge in [0.25, 0.3) is 0 Å². The van der Waals surface area contributed by atoms with E-state index in [0.717, 1.165) is 80.5 Å². The maximum Gasteiger partial charge on any atom is 0.160 e. The van der Waals surface area contributed by atoms with Crippen LogP contribution in [0.1, 0.15) is 32.0 Å². The lowest BCUT2D eigenvalue weighted by Gasteiger charge is -2.37. The molecule has 8 heteroatoms. The van der Waals surface area contributed by atoms with Gasteiger partial charge in [-0.2, -0.15) is 5.10 Å². The highest BCUT2D eigenvalue weighted by Gasteiger charge is 2.23. The third-order valence-electron chi connectivity index (χ3n) is 6.48. The van der Waals surface area contributed by atoms with Crippen molar-refractivity contribution in [1.82, 2.24) is 25.1 Å². The second-order valence-corrected chi connectivity index (χ2v) is 8.19. The topological polar surface area (TPSA) is 73.4 Å². The summed E-state index contributed by atoms with van der Waals surface area (Å²) in [4.78, 5) is 16.2. The first-order chi connectivity index (χ1) is 15.7. The first-order valence-electron chi connectivity index (χ1n) is 11.8. The number of aromatic amines is 1. The second kappa shape index (κ2) is 10.2. The van der Waals surface area contributed by atoms with Crippen LogP contribution >= 0.6 is 0 Å². The summed E-state index contributed by atoms with van der Waals surface area (Å²) in [7, 11) is 0. The lowest BCUT2D eigenvalue weighted by molar-refractivity contribution is 0.222. The number of hydrogen-bond donors (Lipinski definition) is 1. The van der Waals surface area contributed by atoms with Crippen LogP contribution in [0, 0.1) is 6.92 Å². The summed E-state index contributed by atoms with van der Waals surface area (Å²) in [6.45, 7) is 16.1. The van der Waals surface area contributed by atoms with E-state index < -0.39 is 0 Å². The maximum atomic E-state index is 6.15. The predicted molar refractivity (Wildman–Crippen MR) is 130 cm³/mol. The minimum atomic E-state index is 0.716. The lowest BCUT2D eigenvalue weighted by Crippen LogP contribution is -2.47. The molecule has 1 N–H and O–H groups in total. The smallest absolute Gasteiger partial charge is 0.160 e. The highest BCUT2D eigenvalue weighted by atomic mass is 16.5. The summed E-state index contributed by atoms with van der Waals surface area (Å²) >= 11 is 0. The van der Waals surface area contributed by atoms with Crippen LogP contribution in [0.3, 0.4) is 0 Å². The Hall–Kier alpha value is -2.87. The zero-order chi connectivity index (χ0) is 22.5. The number of nitrogens with zero attached hydrogens (tertiary/aromatic N) is 6. The normalized spacial score (nSPS) is 14.5. The summed E-state index contributed by atoms with van der Waals surface area (Å²) in [6, 6.07) is 6.39. The fourth-order valence-electron chi connectivity index (χ4n) is 4.48. The predicted octanol–water partition coefficient (Wildman–Crippen LogP) is 3.27. The summed E-state index contributed by atoms with van der Waals surface area (Å²) in [5.74, 6) is 1.98. The number of likely N-dealkylation sites (N-methyl/N-ethyl adjacent to an activating group) is 1. The van der Waals surface area contributed by atoms with E-state index in [4.69, 9.17) is 4.74 Å². The molecule has 1 saturated heterocycles. The first-order valence-corrected chi connectivity index (χ1v) is 11.8. The van der Waals surface area contributed by atoms with Crippen LogP contribution in [0.4, 0.5) is 11.5 Å². The van der Waals surface area contributed by atoms with Crippen molar-refractivity contribution in [2.24, 2.45) is 0 Å². The van der Waals surface area contributed by atoms with E-state index in [-0.39, 0.29) is 0 Å². The van der Waals surface area contributed by atoms with Gasteiger partial charge in [-0.15, -0.1) is 0 Å². The van der Waals surface area contributed by atoms with Gasteiger partial charge in [0.15, 0.2) is 5.65 Å². The van der Waals surface area contributed by atoms with Gasteiger partial charge < -0.3 is 19.4 Å². The molecule has 1 aliphatic rings. The Morgan fingerprint density at radius 2 is 1.78 bits per heavy atom. The van der Waals surface area contributed by atoms with Crippen molar-refractivity contribution in [3.8, 4) is 5.75 Å². The molecule has 0 spiro atoms. The molecule has 3 heterocycles. The summed E-state index contributed by atoms with van der Waals surface area (Å²) in [6.07, 6.45) is 2.49. The largest absolute Gasteiger partial charge is 0.492 e. The Balaban J connectivity index is 1.43. The molecular formula is C24H35N7O. The summed E-state index contributed by atoms with van der Waals surface area (Å²) in [5.41, 5.74) is 4.33. The van der Waals surface area contributed by atoms with Crippen molar-refractivity contribution in [3.05, 3.63) is 35.8 Å². The molecule has 1 fully saturated rings. The summed E-state index contributed by atoms with van der Waals surface area (Å²) in [5, 5.41) is 8.52. The van der Waals surface area contributed by atoms with E-state index in [9.17, 15) is 0 Å². The third-order valence-corrected chi connectivity index (χ3v) is 6.48. The Morgan fingerprint density at radius 1 is 1.03 bits per heavy atom. The minimum Gasteiger partial charge on any atom is -0.492 e. The minimum absolute atomic E-state index is 0.716. The van der Waals surface area contributed by atoms with Gasteiger partial charge in [0.2, 0.25) is 0 Å². The van der Waals surface area contributed by atoms with Gasteiger partial charge >= 0.3 is 0 Å². The van der Waals surface area contributed by atoms with Crippen molar-refractivity contribution >= 4 is 22.5 Å². The van der Waals surface area contributed by atoms with Gasteiger partial charge in [0.05, 0.1) is 11.1 Å². The van der Waals surface area contributed by atoms with Gasteiger partial charge in [0, 0.05) is 44.0 Å². The highest BCUT2D eigenvalue weighted by Crippen LogP contribution is 2.31. The van der Waals surface area contributed by atoms with Crippen molar-refractivity contribution in [1.29, 1.82) is 0 Å². The standard InChI is InChI=1S/C24H35N7O/c1-5-19-22-23(28-27-19)25-17-26-24(22)31-13-11-30(12-14-31)20-9-8-10-21(18(20)4)32-16-15-29(6-2)7-3/h8-10,17H,5-7,11-16H2,1-4H3,(H,25,26,27,28). The molecule has 0 amide bonds. The van der Waals surface area contributed by atoms with Crippen molar-refractivity contribution in [3.63, 3.8) is 0 Å². The van der Waals surface area contributed by atoms with Crippen LogP contribution in [-0.2, 0) is 6.42 Å². The number of aromatic nitrogens is 4. The molecule has 0 radical (unpaired) electrons. The Morgan fingerprint density at radius 3 is 2.50 bits per heavy atom. The number of benzene rings is 1. The van der Waals surface area contributed by atoms with Crippen molar-refractivity contribution < 1.29 is 4.74 Å². The molecule has 0 atom stereocenters. The quantitative estimate of drug-likeness (QED) is 0.551.